The van der Waals surface area contributed by atoms with E-state index < -0.39 is 5.97 Å². The van der Waals surface area contributed by atoms with Crippen LogP contribution in [-0.2, 0) is 9.53 Å². The Morgan fingerprint density at radius 3 is 2.39 bits per heavy atom. The first-order valence-corrected chi connectivity index (χ1v) is 12.3. The molecule has 0 fully saturated rings. The smallest absolute Gasteiger partial charge is 0.341 e. The topological polar surface area (TPSA) is 95.3 Å². The van der Waals surface area contributed by atoms with Crippen LogP contribution in [-0.4, -0.2) is 46.6 Å². The average Bonchev–Trinajstić information content (AvgIpc) is 3.42. The van der Waals surface area contributed by atoms with E-state index >= 15 is 0 Å². The number of thioether (sulfide) groups is 1. The van der Waals surface area contributed by atoms with Crippen molar-refractivity contribution < 1.29 is 19.1 Å². The number of aromatic nitrogens is 3. The van der Waals surface area contributed by atoms with E-state index in [0.29, 0.717) is 27.0 Å². The van der Waals surface area contributed by atoms with Crippen molar-refractivity contribution >= 4 is 40.0 Å². The first-order valence-electron chi connectivity index (χ1n) is 10.5. The van der Waals surface area contributed by atoms with Gasteiger partial charge in [-0.3, -0.25) is 4.79 Å². The monoisotopic (exact) mass is 488 g/mol. The van der Waals surface area contributed by atoms with Crippen LogP contribution in [0.2, 0.25) is 0 Å². The van der Waals surface area contributed by atoms with Crippen LogP contribution in [0.15, 0.2) is 34.8 Å². The summed E-state index contributed by atoms with van der Waals surface area (Å²) < 4.78 is 12.2. The zero-order valence-corrected chi connectivity index (χ0v) is 21.2. The number of ether oxygens (including phenoxy) is 2. The summed E-state index contributed by atoms with van der Waals surface area (Å²) in [6.07, 6.45) is 0. The largest absolute Gasteiger partial charge is 0.497 e. The van der Waals surface area contributed by atoms with Gasteiger partial charge in [0.1, 0.15) is 22.1 Å². The number of carbonyl (C=O) groups excluding carboxylic acids is 2. The normalized spacial score (nSPS) is 11.2. The second-order valence-electron chi connectivity index (χ2n) is 7.87. The van der Waals surface area contributed by atoms with E-state index in [4.69, 9.17) is 9.47 Å². The number of rotatable bonds is 9. The van der Waals surface area contributed by atoms with E-state index in [9.17, 15) is 9.59 Å². The molecule has 0 aliphatic rings. The fourth-order valence-electron chi connectivity index (χ4n) is 3.30. The summed E-state index contributed by atoms with van der Waals surface area (Å²) in [6, 6.07) is 7.54. The van der Waals surface area contributed by atoms with Crippen LogP contribution in [0.25, 0.3) is 11.1 Å². The minimum absolute atomic E-state index is 0.138. The number of nitrogens with zero attached hydrogens (tertiary/aromatic N) is 3. The maximum atomic E-state index is 12.7. The fraction of sp³-hybridized carbons (Fsp3) is 0.391. The predicted octanol–water partition coefficient (Wildman–Crippen LogP) is 5.24. The highest BCUT2D eigenvalue weighted by molar-refractivity contribution is 7.99. The van der Waals surface area contributed by atoms with Crippen LogP contribution in [0.3, 0.4) is 0 Å². The molecule has 0 atom stereocenters. The van der Waals surface area contributed by atoms with E-state index in [2.05, 4.69) is 47.8 Å². The second-order valence-corrected chi connectivity index (χ2v) is 9.69. The number of anilines is 1. The van der Waals surface area contributed by atoms with Crippen LogP contribution >= 0.6 is 23.1 Å². The van der Waals surface area contributed by atoms with Crippen molar-refractivity contribution in [3.05, 3.63) is 41.0 Å². The maximum Gasteiger partial charge on any atom is 0.341 e. The molecule has 2 heterocycles. The van der Waals surface area contributed by atoms with Gasteiger partial charge in [-0.2, -0.15) is 0 Å². The van der Waals surface area contributed by atoms with Gasteiger partial charge in [0, 0.05) is 22.9 Å². The van der Waals surface area contributed by atoms with Gasteiger partial charge in [0.05, 0.1) is 20.0 Å². The molecule has 1 aromatic carbocycles. The van der Waals surface area contributed by atoms with Gasteiger partial charge in [-0.05, 0) is 31.5 Å². The van der Waals surface area contributed by atoms with Gasteiger partial charge in [0.25, 0.3) is 0 Å². The molecule has 8 nitrogen and oxygen atoms in total. The fourth-order valence-corrected chi connectivity index (χ4v) is 5.14. The highest BCUT2D eigenvalue weighted by Gasteiger charge is 2.23. The number of hydrogen-bond donors (Lipinski definition) is 1. The molecule has 0 radical (unpaired) electrons. The number of amides is 1. The highest BCUT2D eigenvalue weighted by atomic mass is 32.2. The third-order valence-electron chi connectivity index (χ3n) is 4.89. The van der Waals surface area contributed by atoms with Crippen LogP contribution < -0.4 is 10.1 Å². The predicted molar refractivity (Wildman–Crippen MR) is 131 cm³/mol. The summed E-state index contributed by atoms with van der Waals surface area (Å²) in [6.45, 7) is 8.26. The average molecular weight is 489 g/mol. The van der Waals surface area contributed by atoms with E-state index in [0.717, 1.165) is 11.4 Å². The lowest BCUT2D eigenvalue weighted by Gasteiger charge is -2.15. The number of hydrogen-bond acceptors (Lipinski definition) is 8. The molecule has 33 heavy (non-hydrogen) atoms. The minimum Gasteiger partial charge on any atom is -0.497 e. The van der Waals surface area contributed by atoms with Gasteiger partial charge in [-0.25, -0.2) is 4.79 Å². The molecule has 1 amide bonds. The molecule has 3 rings (SSSR count). The van der Waals surface area contributed by atoms with Crippen molar-refractivity contribution in [1.29, 1.82) is 0 Å². The first kappa shape index (κ1) is 24.8. The van der Waals surface area contributed by atoms with Crippen molar-refractivity contribution in [1.82, 2.24) is 14.8 Å². The number of carbonyl (C=O) groups is 2. The Morgan fingerprint density at radius 2 is 1.82 bits per heavy atom. The van der Waals surface area contributed by atoms with Gasteiger partial charge in [-0.15, -0.1) is 21.5 Å². The van der Waals surface area contributed by atoms with E-state index in [1.807, 2.05) is 29.6 Å². The molecule has 0 aliphatic heterocycles. The van der Waals surface area contributed by atoms with E-state index in [1.54, 1.807) is 7.11 Å². The summed E-state index contributed by atoms with van der Waals surface area (Å²) in [7, 11) is 2.92. The Morgan fingerprint density at radius 1 is 1.12 bits per heavy atom. The first-order chi connectivity index (χ1) is 15.8. The van der Waals surface area contributed by atoms with E-state index in [-0.39, 0.29) is 23.6 Å². The molecule has 0 bridgehead atoms. The number of benzene rings is 1. The molecule has 2 aromatic heterocycles. The highest BCUT2D eigenvalue weighted by Crippen LogP contribution is 2.37. The van der Waals surface area contributed by atoms with Crippen molar-refractivity contribution in [3.63, 3.8) is 0 Å². The van der Waals surface area contributed by atoms with Gasteiger partial charge in [0.15, 0.2) is 5.16 Å². The minimum atomic E-state index is -0.508. The lowest BCUT2D eigenvalue weighted by atomic mass is 10.0. The third kappa shape index (κ3) is 5.56. The molecule has 0 spiro atoms. The molecule has 0 saturated carbocycles. The van der Waals surface area contributed by atoms with E-state index in [1.165, 1.54) is 30.2 Å². The van der Waals surface area contributed by atoms with Crippen molar-refractivity contribution in [2.75, 3.05) is 25.3 Å². The summed E-state index contributed by atoms with van der Waals surface area (Å²) in [5.74, 6) is 1.23. The zero-order valence-electron chi connectivity index (χ0n) is 19.5. The molecule has 0 saturated heterocycles. The second kappa shape index (κ2) is 10.8. The summed E-state index contributed by atoms with van der Waals surface area (Å²) in [4.78, 5) is 25.3. The van der Waals surface area contributed by atoms with Gasteiger partial charge in [0.2, 0.25) is 5.91 Å². The van der Waals surface area contributed by atoms with Gasteiger partial charge < -0.3 is 19.4 Å². The summed E-state index contributed by atoms with van der Waals surface area (Å²) in [5, 5.41) is 14.4. The Balaban J connectivity index is 1.79. The summed E-state index contributed by atoms with van der Waals surface area (Å²) in [5.41, 5.74) is 1.85. The molecule has 176 valence electrons. The molecule has 0 unspecified atom stereocenters. The molecular weight excluding hydrogens is 460 g/mol. The lowest BCUT2D eigenvalue weighted by molar-refractivity contribution is -0.113. The van der Waals surface area contributed by atoms with Crippen molar-refractivity contribution in [2.45, 2.75) is 44.8 Å². The van der Waals surface area contributed by atoms with Gasteiger partial charge >= 0.3 is 5.97 Å². The Bertz CT molecular complexity index is 1120. The maximum absolute atomic E-state index is 12.7. The van der Waals surface area contributed by atoms with Gasteiger partial charge in [-0.1, -0.05) is 37.7 Å². The number of nitrogens with one attached hydrogen (secondary N) is 1. The molecule has 10 heteroatoms. The summed E-state index contributed by atoms with van der Waals surface area (Å²) >= 11 is 2.60. The van der Waals surface area contributed by atoms with Crippen LogP contribution in [0, 0.1) is 0 Å². The van der Waals surface area contributed by atoms with Crippen LogP contribution in [0.4, 0.5) is 5.00 Å². The molecule has 1 N–H and O–H groups in total. The van der Waals surface area contributed by atoms with Crippen LogP contribution in [0.5, 0.6) is 5.75 Å². The molecular formula is C23H28N4O4S2. The Hall–Kier alpha value is -2.85. The molecule has 0 aliphatic carbocycles. The Kier molecular flexibility index (Phi) is 8.15. The standard InChI is InChI=1S/C23H28N4O4S2/c1-13(2)20-25-26-23(27(20)14(3)4)33-12-18(28)24-21-19(22(29)31-6)17(11-32-21)15-7-9-16(30-5)10-8-15/h7-11,13-14H,12H2,1-6H3,(H,24,28). The number of esters is 1. The SMILES string of the molecule is COC(=O)c1c(-c2ccc(OC)cc2)csc1NC(=O)CSc1nnc(C(C)C)n1C(C)C. The number of methoxy groups -OCH3 is 2. The Labute approximate surface area is 201 Å². The quantitative estimate of drug-likeness (QED) is 0.325. The van der Waals surface area contributed by atoms with Crippen LogP contribution in [0.1, 0.15) is 55.8 Å². The zero-order chi connectivity index (χ0) is 24.1. The lowest BCUT2D eigenvalue weighted by Crippen LogP contribution is -2.17. The molecule has 3 aromatic rings. The third-order valence-corrected chi connectivity index (χ3v) is 6.73. The van der Waals surface area contributed by atoms with Crippen molar-refractivity contribution in [2.24, 2.45) is 0 Å². The van der Waals surface area contributed by atoms with Crippen molar-refractivity contribution in [3.8, 4) is 16.9 Å². The number of thiophene rings is 1.